The van der Waals surface area contributed by atoms with E-state index in [1.807, 2.05) is 60.7 Å². The van der Waals surface area contributed by atoms with E-state index in [4.69, 9.17) is 4.74 Å². The molecule has 5 rings (SSSR count). The minimum Gasteiger partial charge on any atom is -0.455 e. The van der Waals surface area contributed by atoms with Gasteiger partial charge >= 0.3 is 5.97 Å². The highest BCUT2D eigenvalue weighted by molar-refractivity contribution is 6.04. The third-order valence-electron chi connectivity index (χ3n) is 4.76. The van der Waals surface area contributed by atoms with Gasteiger partial charge in [-0.05, 0) is 36.4 Å². The molecule has 6 heteroatoms. The van der Waals surface area contributed by atoms with Crippen LogP contribution in [-0.4, -0.2) is 25.9 Å². The molecule has 5 aromatic rings. The molecule has 0 N–H and O–H groups in total. The van der Waals surface area contributed by atoms with Gasteiger partial charge in [-0.3, -0.25) is 9.97 Å². The minimum atomic E-state index is -0.432. The lowest BCUT2D eigenvalue weighted by Crippen LogP contribution is -2.08. The second-order valence-electron chi connectivity index (χ2n) is 6.73. The summed E-state index contributed by atoms with van der Waals surface area (Å²) in [5, 5.41) is 0.741. The Morgan fingerprint density at radius 2 is 1.57 bits per heavy atom. The highest BCUT2D eigenvalue weighted by atomic mass is 16.5. The van der Waals surface area contributed by atoms with Gasteiger partial charge in [0.2, 0.25) is 0 Å². The van der Waals surface area contributed by atoms with Gasteiger partial charge in [0.25, 0.3) is 0 Å². The molecule has 0 bridgehead atoms. The molecule has 0 radical (unpaired) electrons. The Kier molecular flexibility index (Phi) is 4.57. The van der Waals surface area contributed by atoms with E-state index in [1.54, 1.807) is 24.7 Å². The van der Waals surface area contributed by atoms with Crippen molar-refractivity contribution >= 4 is 27.9 Å². The third kappa shape index (κ3) is 3.46. The van der Waals surface area contributed by atoms with E-state index in [9.17, 15) is 4.79 Å². The first-order valence-corrected chi connectivity index (χ1v) is 9.46. The quantitative estimate of drug-likeness (QED) is 0.416. The Bertz CT molecular complexity index is 1370. The number of carbonyl (C=O) groups excluding carboxylic acids is 1. The maximum Gasteiger partial charge on any atom is 0.339 e. The van der Waals surface area contributed by atoms with Gasteiger partial charge in [0.15, 0.2) is 0 Å². The second kappa shape index (κ2) is 7.67. The lowest BCUT2D eigenvalue weighted by Gasteiger charge is -2.10. The van der Waals surface area contributed by atoms with Gasteiger partial charge in [0.05, 0.1) is 39.7 Å². The molecule has 0 saturated carbocycles. The van der Waals surface area contributed by atoms with Crippen molar-refractivity contribution in [2.75, 3.05) is 0 Å². The van der Waals surface area contributed by atoms with Gasteiger partial charge in [-0.15, -0.1) is 0 Å². The highest BCUT2D eigenvalue weighted by Gasteiger charge is 2.16. The fourth-order valence-corrected chi connectivity index (χ4v) is 3.30. The number of hydrogen-bond acceptors (Lipinski definition) is 6. The molecule has 3 aromatic heterocycles. The van der Waals surface area contributed by atoms with Gasteiger partial charge < -0.3 is 4.74 Å². The number of pyridine rings is 2. The number of ether oxygens (including phenoxy) is 1. The SMILES string of the molecule is O=C(OCc1cnc2ccccc2n1)c1cc(-c2ccncc2)nc2ccccc12. The number of hydrogen-bond donors (Lipinski definition) is 0. The van der Waals surface area contributed by atoms with Crippen molar-refractivity contribution in [1.29, 1.82) is 0 Å². The first kappa shape index (κ1) is 17.9. The largest absolute Gasteiger partial charge is 0.455 e. The molecule has 144 valence electrons. The lowest BCUT2D eigenvalue weighted by atomic mass is 10.0. The van der Waals surface area contributed by atoms with Crippen LogP contribution in [0, 0.1) is 0 Å². The van der Waals surface area contributed by atoms with E-state index < -0.39 is 5.97 Å². The average Bonchev–Trinajstić information content (AvgIpc) is 2.82. The summed E-state index contributed by atoms with van der Waals surface area (Å²) in [6.07, 6.45) is 5.02. The smallest absolute Gasteiger partial charge is 0.339 e. The van der Waals surface area contributed by atoms with Crippen LogP contribution in [0.5, 0.6) is 0 Å². The fraction of sp³-hybridized carbons (Fsp3) is 0.0417. The predicted molar refractivity (Wildman–Crippen MR) is 114 cm³/mol. The summed E-state index contributed by atoms with van der Waals surface area (Å²) in [5.74, 6) is -0.432. The van der Waals surface area contributed by atoms with Crippen LogP contribution in [0.1, 0.15) is 16.1 Å². The van der Waals surface area contributed by atoms with Crippen molar-refractivity contribution in [3.05, 3.63) is 96.6 Å². The molecular formula is C24H16N4O2. The summed E-state index contributed by atoms with van der Waals surface area (Å²) in [5.41, 5.74) is 4.91. The molecule has 0 atom stereocenters. The van der Waals surface area contributed by atoms with Gasteiger partial charge in [-0.2, -0.15) is 0 Å². The molecule has 0 fully saturated rings. The van der Waals surface area contributed by atoms with Crippen LogP contribution in [0.4, 0.5) is 0 Å². The molecule has 0 amide bonds. The molecule has 0 aliphatic rings. The van der Waals surface area contributed by atoms with Crippen molar-refractivity contribution in [2.24, 2.45) is 0 Å². The van der Waals surface area contributed by atoms with E-state index in [2.05, 4.69) is 19.9 Å². The molecular weight excluding hydrogens is 376 g/mol. The number of para-hydroxylation sites is 3. The summed E-state index contributed by atoms with van der Waals surface area (Å²) >= 11 is 0. The minimum absolute atomic E-state index is 0.0396. The monoisotopic (exact) mass is 392 g/mol. The summed E-state index contributed by atoms with van der Waals surface area (Å²) < 4.78 is 5.58. The van der Waals surface area contributed by atoms with Gasteiger partial charge in [-0.1, -0.05) is 30.3 Å². The molecule has 0 unspecified atom stereocenters. The van der Waals surface area contributed by atoms with Crippen molar-refractivity contribution in [3.63, 3.8) is 0 Å². The maximum absolute atomic E-state index is 13.0. The molecule has 2 aromatic carbocycles. The Labute approximate surface area is 172 Å². The fourth-order valence-electron chi connectivity index (χ4n) is 3.30. The molecule has 0 aliphatic heterocycles. The van der Waals surface area contributed by atoms with E-state index >= 15 is 0 Å². The number of rotatable bonds is 4. The summed E-state index contributed by atoms with van der Waals surface area (Å²) in [7, 11) is 0. The van der Waals surface area contributed by atoms with Crippen molar-refractivity contribution in [3.8, 4) is 11.3 Å². The molecule has 30 heavy (non-hydrogen) atoms. The van der Waals surface area contributed by atoms with E-state index in [1.165, 1.54) is 0 Å². The third-order valence-corrected chi connectivity index (χ3v) is 4.76. The van der Waals surface area contributed by atoms with Crippen LogP contribution in [0.3, 0.4) is 0 Å². The van der Waals surface area contributed by atoms with Crippen LogP contribution in [0.2, 0.25) is 0 Å². The van der Waals surface area contributed by atoms with Crippen molar-refractivity contribution < 1.29 is 9.53 Å². The lowest BCUT2D eigenvalue weighted by molar-refractivity contribution is 0.0470. The molecule has 0 saturated heterocycles. The zero-order valence-electron chi connectivity index (χ0n) is 15.9. The Balaban J connectivity index is 1.47. The number of fused-ring (bicyclic) bond motifs is 2. The number of esters is 1. The normalized spacial score (nSPS) is 10.9. The van der Waals surface area contributed by atoms with Gasteiger partial charge in [0, 0.05) is 23.3 Å². The Hall–Kier alpha value is -4.19. The van der Waals surface area contributed by atoms with E-state index in [-0.39, 0.29) is 6.61 Å². The van der Waals surface area contributed by atoms with Gasteiger partial charge in [0.1, 0.15) is 6.61 Å². The Morgan fingerprint density at radius 3 is 2.40 bits per heavy atom. The zero-order chi connectivity index (χ0) is 20.3. The first-order chi connectivity index (χ1) is 14.8. The summed E-state index contributed by atoms with van der Waals surface area (Å²) in [6, 6.07) is 20.6. The van der Waals surface area contributed by atoms with E-state index in [0.29, 0.717) is 17.0 Å². The topological polar surface area (TPSA) is 77.9 Å². The van der Waals surface area contributed by atoms with Crippen molar-refractivity contribution in [1.82, 2.24) is 19.9 Å². The van der Waals surface area contributed by atoms with Crippen molar-refractivity contribution in [2.45, 2.75) is 6.61 Å². The number of benzene rings is 2. The van der Waals surface area contributed by atoms with Crippen LogP contribution >= 0.6 is 0 Å². The first-order valence-electron chi connectivity index (χ1n) is 9.46. The molecule has 3 heterocycles. The number of nitrogens with zero attached hydrogens (tertiary/aromatic N) is 4. The average molecular weight is 392 g/mol. The van der Waals surface area contributed by atoms with Crippen LogP contribution < -0.4 is 0 Å². The van der Waals surface area contributed by atoms with Gasteiger partial charge in [-0.25, -0.2) is 14.8 Å². The number of aromatic nitrogens is 4. The highest BCUT2D eigenvalue weighted by Crippen LogP contribution is 2.25. The zero-order valence-corrected chi connectivity index (χ0v) is 15.9. The Morgan fingerprint density at radius 1 is 0.833 bits per heavy atom. The van der Waals surface area contributed by atoms with E-state index in [0.717, 1.165) is 27.5 Å². The second-order valence-corrected chi connectivity index (χ2v) is 6.73. The molecule has 0 spiro atoms. The molecule has 0 aliphatic carbocycles. The van der Waals surface area contributed by atoms with Crippen LogP contribution in [0.25, 0.3) is 33.2 Å². The number of carbonyl (C=O) groups is 1. The summed E-state index contributed by atoms with van der Waals surface area (Å²) in [6.45, 7) is 0.0396. The summed E-state index contributed by atoms with van der Waals surface area (Å²) in [4.78, 5) is 30.6. The predicted octanol–water partition coefficient (Wildman–Crippen LogP) is 4.60. The standard InChI is InChI=1S/C24H16N4O2/c29-24(30-15-17-14-26-21-7-3-4-8-22(21)27-17)19-13-23(16-9-11-25-12-10-16)28-20-6-2-1-5-18(19)20/h1-14H,15H2. The maximum atomic E-state index is 13.0. The van der Waals surface area contributed by atoms with Crippen LogP contribution in [-0.2, 0) is 11.3 Å². The van der Waals surface area contributed by atoms with Crippen LogP contribution in [0.15, 0.2) is 85.3 Å². The molecule has 6 nitrogen and oxygen atoms in total.